The molecule has 7 heteroatoms. The van der Waals surface area contributed by atoms with Crippen molar-refractivity contribution >= 4 is 33.4 Å². The molecule has 5 aromatic rings. The van der Waals surface area contributed by atoms with E-state index in [0.29, 0.717) is 34.2 Å². The molecule has 6 nitrogen and oxygen atoms in total. The number of nitrogens with zero attached hydrogens (tertiary/aromatic N) is 2. The Balaban J connectivity index is 1.22. The van der Waals surface area contributed by atoms with E-state index in [0.717, 1.165) is 34.3 Å². The lowest BCUT2D eigenvalue weighted by atomic mass is 10.1. The molecule has 0 saturated heterocycles. The van der Waals surface area contributed by atoms with E-state index in [1.165, 1.54) is 11.3 Å². The molecule has 3 aromatic carbocycles. The van der Waals surface area contributed by atoms with E-state index >= 15 is 0 Å². The van der Waals surface area contributed by atoms with Gasteiger partial charge in [-0.15, -0.1) is 6.58 Å². The Labute approximate surface area is 206 Å². The molecule has 0 amide bonds. The monoisotopic (exact) mass is 484 g/mol. The Kier molecular flexibility index (Phi) is 6.50. The van der Waals surface area contributed by atoms with Crippen molar-refractivity contribution in [1.82, 2.24) is 9.38 Å². The summed E-state index contributed by atoms with van der Waals surface area (Å²) in [5, 5.41) is 0. The Morgan fingerprint density at radius 2 is 1.80 bits per heavy atom. The second-order valence-electron chi connectivity index (χ2n) is 7.88. The molecule has 35 heavy (non-hydrogen) atoms. The standard InChI is InChI=1S/C28H24N2O4S/c1-3-6-19-11-14-24(25(17-19)32-2)34-16-15-33-21-12-9-20(10-13-21)18-26-27(31)30-23-8-5-4-7-22(23)29-28(30)35-26/h3-5,7-14,17-18H,1,6,15-16H2,2H3. The van der Waals surface area contributed by atoms with Crippen LogP contribution in [-0.2, 0) is 6.42 Å². The van der Waals surface area contributed by atoms with E-state index in [4.69, 9.17) is 14.2 Å². The van der Waals surface area contributed by atoms with Crippen molar-refractivity contribution in [3.05, 3.63) is 105 Å². The number of methoxy groups -OCH3 is 1. The summed E-state index contributed by atoms with van der Waals surface area (Å²) in [6.07, 6.45) is 4.51. The molecule has 2 aromatic heterocycles. The number of thiazole rings is 1. The molecule has 0 spiro atoms. The fraction of sp³-hybridized carbons (Fsp3) is 0.143. The Bertz CT molecular complexity index is 1600. The van der Waals surface area contributed by atoms with Crippen molar-refractivity contribution in [3.63, 3.8) is 0 Å². The van der Waals surface area contributed by atoms with Crippen LogP contribution in [0.1, 0.15) is 11.1 Å². The number of hydrogen-bond donors (Lipinski definition) is 0. The fourth-order valence-electron chi connectivity index (χ4n) is 3.86. The zero-order valence-electron chi connectivity index (χ0n) is 19.3. The number of aromatic nitrogens is 2. The second kappa shape index (κ2) is 10.0. The molecule has 176 valence electrons. The van der Waals surface area contributed by atoms with Gasteiger partial charge in [-0.05, 0) is 60.0 Å². The van der Waals surface area contributed by atoms with Crippen LogP contribution in [0.25, 0.3) is 22.1 Å². The van der Waals surface area contributed by atoms with E-state index in [2.05, 4.69) is 11.6 Å². The first-order valence-corrected chi connectivity index (χ1v) is 12.0. The maximum atomic E-state index is 12.9. The molecule has 0 N–H and O–H groups in total. The second-order valence-corrected chi connectivity index (χ2v) is 8.89. The number of benzene rings is 3. The highest BCUT2D eigenvalue weighted by atomic mass is 32.1. The SMILES string of the molecule is C=CCc1ccc(OCCOc2ccc(C=c3sc4nc5ccccc5n4c3=O)cc2)c(OC)c1. The predicted molar refractivity (Wildman–Crippen MR) is 140 cm³/mol. The lowest BCUT2D eigenvalue weighted by molar-refractivity contribution is 0.211. The van der Waals surface area contributed by atoms with Crippen LogP contribution in [-0.4, -0.2) is 29.7 Å². The Hall–Kier alpha value is -4.10. The molecule has 0 fully saturated rings. The van der Waals surface area contributed by atoms with Gasteiger partial charge in [0.1, 0.15) is 19.0 Å². The first kappa shape index (κ1) is 22.7. The average molecular weight is 485 g/mol. The molecule has 0 aliphatic carbocycles. The van der Waals surface area contributed by atoms with Crippen molar-refractivity contribution in [2.75, 3.05) is 20.3 Å². The van der Waals surface area contributed by atoms with Gasteiger partial charge >= 0.3 is 0 Å². The molecule has 0 atom stereocenters. The molecule has 0 aliphatic rings. The third-order valence-corrected chi connectivity index (χ3v) is 6.51. The molecule has 0 saturated carbocycles. The smallest absolute Gasteiger partial charge is 0.274 e. The summed E-state index contributed by atoms with van der Waals surface area (Å²) in [5.41, 5.74) is 3.65. The summed E-state index contributed by atoms with van der Waals surface area (Å²) < 4.78 is 19.4. The van der Waals surface area contributed by atoms with E-state index in [1.54, 1.807) is 11.5 Å². The molecule has 0 radical (unpaired) electrons. The first-order chi connectivity index (χ1) is 17.2. The molecule has 0 aliphatic heterocycles. The van der Waals surface area contributed by atoms with Gasteiger partial charge in [0, 0.05) is 0 Å². The van der Waals surface area contributed by atoms with Crippen LogP contribution in [0.15, 0.2) is 84.2 Å². The van der Waals surface area contributed by atoms with Crippen LogP contribution in [0, 0.1) is 0 Å². The topological polar surface area (TPSA) is 62.1 Å². The van der Waals surface area contributed by atoms with E-state index in [-0.39, 0.29) is 5.56 Å². The Morgan fingerprint density at radius 3 is 2.60 bits per heavy atom. The lowest BCUT2D eigenvalue weighted by Crippen LogP contribution is -2.22. The highest BCUT2D eigenvalue weighted by Gasteiger charge is 2.10. The first-order valence-electron chi connectivity index (χ1n) is 11.2. The largest absolute Gasteiger partial charge is 0.493 e. The van der Waals surface area contributed by atoms with Gasteiger partial charge in [0.2, 0.25) is 0 Å². The molecule has 0 bridgehead atoms. The van der Waals surface area contributed by atoms with Crippen LogP contribution < -0.4 is 24.3 Å². The predicted octanol–water partition coefficient (Wildman–Crippen LogP) is 4.65. The quantitative estimate of drug-likeness (QED) is 0.225. The van der Waals surface area contributed by atoms with Gasteiger partial charge in [0.15, 0.2) is 16.5 Å². The number of rotatable bonds is 9. The zero-order chi connectivity index (χ0) is 24.2. The summed E-state index contributed by atoms with van der Waals surface area (Å²) in [7, 11) is 1.63. The number of allylic oxidation sites excluding steroid dienone is 1. The number of hydrogen-bond acceptors (Lipinski definition) is 6. The minimum Gasteiger partial charge on any atom is -0.493 e. The van der Waals surface area contributed by atoms with Crippen molar-refractivity contribution in [2.45, 2.75) is 6.42 Å². The third kappa shape index (κ3) is 4.76. The Morgan fingerprint density at radius 1 is 1.00 bits per heavy atom. The molecular weight excluding hydrogens is 460 g/mol. The average Bonchev–Trinajstić information content (AvgIpc) is 3.39. The third-order valence-electron chi connectivity index (χ3n) is 5.54. The van der Waals surface area contributed by atoms with Gasteiger partial charge in [-0.1, -0.05) is 47.7 Å². The van der Waals surface area contributed by atoms with Crippen LogP contribution in [0.3, 0.4) is 0 Å². The van der Waals surface area contributed by atoms with E-state index in [1.807, 2.05) is 78.9 Å². The van der Waals surface area contributed by atoms with Gasteiger partial charge < -0.3 is 14.2 Å². The van der Waals surface area contributed by atoms with Crippen LogP contribution in [0.4, 0.5) is 0 Å². The fourth-order valence-corrected chi connectivity index (χ4v) is 4.85. The lowest BCUT2D eigenvalue weighted by Gasteiger charge is -2.12. The number of ether oxygens (including phenoxy) is 3. The van der Waals surface area contributed by atoms with Crippen molar-refractivity contribution in [2.24, 2.45) is 0 Å². The van der Waals surface area contributed by atoms with Crippen molar-refractivity contribution in [3.8, 4) is 17.2 Å². The number of para-hydroxylation sites is 2. The van der Waals surface area contributed by atoms with E-state index in [9.17, 15) is 4.79 Å². The summed E-state index contributed by atoms with van der Waals surface area (Å²) in [6, 6.07) is 21.1. The summed E-state index contributed by atoms with van der Waals surface area (Å²) in [5.74, 6) is 2.10. The molecule has 2 heterocycles. The maximum absolute atomic E-state index is 12.9. The van der Waals surface area contributed by atoms with Gasteiger partial charge in [0.25, 0.3) is 5.56 Å². The number of imidazole rings is 1. The van der Waals surface area contributed by atoms with E-state index < -0.39 is 0 Å². The molecule has 0 unspecified atom stereocenters. The summed E-state index contributed by atoms with van der Waals surface area (Å²) >= 11 is 1.39. The van der Waals surface area contributed by atoms with Gasteiger partial charge in [-0.25, -0.2) is 9.38 Å². The minimum atomic E-state index is -0.0517. The van der Waals surface area contributed by atoms with Gasteiger partial charge in [-0.3, -0.25) is 4.79 Å². The summed E-state index contributed by atoms with van der Waals surface area (Å²) in [6.45, 7) is 4.53. The van der Waals surface area contributed by atoms with Crippen molar-refractivity contribution < 1.29 is 14.2 Å². The van der Waals surface area contributed by atoms with Gasteiger partial charge in [-0.2, -0.15) is 0 Å². The number of fused-ring (bicyclic) bond motifs is 3. The molecular formula is C28H24N2O4S. The maximum Gasteiger partial charge on any atom is 0.274 e. The molecule has 5 rings (SSSR count). The van der Waals surface area contributed by atoms with Gasteiger partial charge in [0.05, 0.1) is 22.7 Å². The van der Waals surface area contributed by atoms with Crippen LogP contribution >= 0.6 is 11.3 Å². The highest BCUT2D eigenvalue weighted by molar-refractivity contribution is 7.15. The minimum absolute atomic E-state index is 0.0517. The normalized spacial score (nSPS) is 11.7. The highest BCUT2D eigenvalue weighted by Crippen LogP contribution is 2.28. The van der Waals surface area contributed by atoms with Crippen LogP contribution in [0.5, 0.6) is 17.2 Å². The summed E-state index contributed by atoms with van der Waals surface area (Å²) in [4.78, 5) is 18.2. The zero-order valence-corrected chi connectivity index (χ0v) is 20.1. The van der Waals surface area contributed by atoms with Crippen molar-refractivity contribution in [1.29, 1.82) is 0 Å². The van der Waals surface area contributed by atoms with Crippen LogP contribution in [0.2, 0.25) is 0 Å².